The second-order valence-corrected chi connectivity index (χ2v) is 9.57. The van der Waals surface area contributed by atoms with Crippen LogP contribution in [0.3, 0.4) is 0 Å². The third kappa shape index (κ3) is 5.30. The van der Waals surface area contributed by atoms with E-state index in [1.54, 1.807) is 19.9 Å². The molecule has 0 aliphatic carbocycles. The maximum absolute atomic E-state index is 13.7. The minimum atomic E-state index is -1.01. The van der Waals surface area contributed by atoms with Crippen molar-refractivity contribution in [2.24, 2.45) is 11.3 Å². The summed E-state index contributed by atoms with van der Waals surface area (Å²) < 4.78 is 0. The smallest absolute Gasteiger partial charge is 0.246 e. The maximum Gasteiger partial charge on any atom is 0.246 e. The summed E-state index contributed by atoms with van der Waals surface area (Å²) in [7, 11) is 1.46. The fourth-order valence-electron chi connectivity index (χ4n) is 4.53. The molecule has 1 spiro atoms. The summed E-state index contributed by atoms with van der Waals surface area (Å²) >= 11 is 0. The molecule has 10 heteroatoms. The number of nitriles is 1. The fourth-order valence-corrected chi connectivity index (χ4v) is 4.53. The highest BCUT2D eigenvalue weighted by atomic mass is 16.3. The van der Waals surface area contributed by atoms with E-state index in [0.29, 0.717) is 12.1 Å². The van der Waals surface area contributed by atoms with Crippen molar-refractivity contribution in [2.45, 2.75) is 65.1 Å². The second-order valence-electron chi connectivity index (χ2n) is 9.57. The number of amides is 4. The first-order valence-electron chi connectivity index (χ1n) is 11.4. The molecule has 0 aromatic heterocycles. The van der Waals surface area contributed by atoms with E-state index in [9.17, 15) is 24.4 Å². The molecule has 1 fully saturated rings. The van der Waals surface area contributed by atoms with Crippen molar-refractivity contribution in [1.29, 1.82) is 5.26 Å². The molecule has 2 heterocycles. The number of nitrogens with one attached hydrogen (secondary N) is 2. The van der Waals surface area contributed by atoms with E-state index in [2.05, 4.69) is 23.3 Å². The Hall–Kier alpha value is -3.19. The van der Waals surface area contributed by atoms with Crippen molar-refractivity contribution < 1.29 is 24.3 Å². The van der Waals surface area contributed by atoms with Gasteiger partial charge in [-0.15, -0.1) is 0 Å². The Bertz CT molecular complexity index is 937. The Balaban J connectivity index is 2.29. The number of carbonyl (C=O) groups excluding carboxylic acids is 4. The molecule has 10 nitrogen and oxygen atoms in total. The van der Waals surface area contributed by atoms with E-state index in [1.807, 2.05) is 13.8 Å². The first kappa shape index (κ1) is 27.1. The number of aliphatic hydroxyl groups excluding tert-OH is 1. The van der Waals surface area contributed by atoms with Gasteiger partial charge in [0.1, 0.15) is 18.5 Å². The minimum Gasteiger partial charge on any atom is -0.394 e. The molecule has 4 atom stereocenters. The molecule has 0 bridgehead atoms. The van der Waals surface area contributed by atoms with E-state index >= 15 is 0 Å². The summed E-state index contributed by atoms with van der Waals surface area (Å²) in [5.41, 5.74) is 0.318. The first-order valence-corrected chi connectivity index (χ1v) is 11.4. The number of aliphatic hydroxyl groups is 1. The lowest BCUT2D eigenvalue weighted by Crippen LogP contribution is -2.52. The highest BCUT2D eigenvalue weighted by Gasteiger charge is 2.56. The lowest BCUT2D eigenvalue weighted by molar-refractivity contribution is -0.147. The topological polar surface area (TPSA) is 143 Å². The van der Waals surface area contributed by atoms with Gasteiger partial charge in [0, 0.05) is 31.8 Å². The molecule has 34 heavy (non-hydrogen) atoms. The van der Waals surface area contributed by atoms with E-state index in [-0.39, 0.29) is 31.4 Å². The minimum absolute atomic E-state index is 0.0319. The average molecular weight is 474 g/mol. The number of allylic oxidation sites excluding steroid dienone is 1. The standard InChI is InChI=1S/C24H35N5O5/c1-7-18-16(5)24(23(34)27-18)10-17(11-25)29(13-24)22(33)19(8-14(2)3)28(6)21(32)9-20(31)26-15(4)12-30/h7,14-15,17,19,30H,1,8-10,12-13H2,2-6H3,(H,26,31)(H,27,34)/t15-,17+,19+,24+/m1/s1. The molecule has 2 aliphatic rings. The van der Waals surface area contributed by atoms with Crippen LogP contribution in [0.2, 0.25) is 0 Å². The molecule has 3 N–H and O–H groups in total. The molecule has 4 amide bonds. The van der Waals surface area contributed by atoms with E-state index < -0.39 is 47.7 Å². The number of nitrogens with zero attached hydrogens (tertiary/aromatic N) is 3. The van der Waals surface area contributed by atoms with Crippen LogP contribution in [0, 0.1) is 22.7 Å². The van der Waals surface area contributed by atoms with Gasteiger partial charge in [-0.2, -0.15) is 5.26 Å². The van der Waals surface area contributed by atoms with Gasteiger partial charge < -0.3 is 25.5 Å². The van der Waals surface area contributed by atoms with Gasteiger partial charge in [-0.05, 0) is 37.8 Å². The predicted molar refractivity (Wildman–Crippen MR) is 125 cm³/mol. The molecule has 0 unspecified atom stereocenters. The van der Waals surface area contributed by atoms with Gasteiger partial charge in [0.05, 0.1) is 18.1 Å². The van der Waals surface area contributed by atoms with Gasteiger partial charge in [0.25, 0.3) is 0 Å². The molecule has 1 saturated heterocycles. The lowest BCUT2D eigenvalue weighted by atomic mass is 9.79. The molecule has 0 aromatic carbocycles. The largest absolute Gasteiger partial charge is 0.394 e. The molecular weight excluding hydrogens is 438 g/mol. The molecular formula is C24H35N5O5. The van der Waals surface area contributed by atoms with Gasteiger partial charge >= 0.3 is 0 Å². The molecule has 0 radical (unpaired) electrons. The van der Waals surface area contributed by atoms with Crippen LogP contribution in [0.1, 0.15) is 47.0 Å². The van der Waals surface area contributed by atoms with Crippen molar-refractivity contribution in [2.75, 3.05) is 20.2 Å². The monoisotopic (exact) mass is 473 g/mol. The van der Waals surface area contributed by atoms with Gasteiger partial charge in [0.2, 0.25) is 23.6 Å². The normalized spacial score (nSPS) is 23.5. The van der Waals surface area contributed by atoms with Crippen LogP contribution in [-0.4, -0.2) is 76.9 Å². The van der Waals surface area contributed by atoms with Crippen molar-refractivity contribution >= 4 is 23.6 Å². The SMILES string of the molecule is C=CC1=C(C)[C@@]2(C[C@@H](C#N)N(C(=O)[C@H](CC(C)C)N(C)C(=O)CC(=O)N[C@H](C)CO)C2)C(=O)N1. The average Bonchev–Trinajstić information content (AvgIpc) is 3.29. The highest BCUT2D eigenvalue weighted by molar-refractivity contribution is 5.99. The van der Waals surface area contributed by atoms with Crippen molar-refractivity contribution in [1.82, 2.24) is 20.4 Å². The Morgan fingerprint density at radius 1 is 1.41 bits per heavy atom. The predicted octanol–water partition coefficient (Wildman–Crippen LogP) is 0.447. The Kier molecular flexibility index (Phi) is 8.61. The summed E-state index contributed by atoms with van der Waals surface area (Å²) in [6.45, 7) is 10.7. The Labute approximate surface area is 200 Å². The second kappa shape index (κ2) is 10.8. The van der Waals surface area contributed by atoms with Crippen molar-refractivity contribution in [3.8, 4) is 6.07 Å². The third-order valence-electron chi connectivity index (χ3n) is 6.63. The number of rotatable bonds is 9. The lowest BCUT2D eigenvalue weighted by Gasteiger charge is -2.33. The first-order chi connectivity index (χ1) is 15.9. The van der Waals surface area contributed by atoms with Crippen molar-refractivity contribution in [3.05, 3.63) is 23.9 Å². The van der Waals surface area contributed by atoms with Crippen LogP contribution in [-0.2, 0) is 19.2 Å². The van der Waals surface area contributed by atoms with Crippen LogP contribution < -0.4 is 10.6 Å². The van der Waals surface area contributed by atoms with Crippen LogP contribution in [0.25, 0.3) is 0 Å². The number of carbonyl (C=O) groups is 4. The number of likely N-dealkylation sites (N-methyl/N-ethyl adjacent to an activating group) is 1. The van der Waals surface area contributed by atoms with E-state index in [0.717, 1.165) is 5.57 Å². The summed E-state index contributed by atoms with van der Waals surface area (Å²) in [5.74, 6) is -1.75. The number of hydrogen-bond acceptors (Lipinski definition) is 6. The highest BCUT2D eigenvalue weighted by Crippen LogP contribution is 2.46. The number of likely N-dealkylation sites (tertiary alicyclic amines) is 1. The maximum atomic E-state index is 13.7. The zero-order valence-corrected chi connectivity index (χ0v) is 20.6. The summed E-state index contributed by atoms with van der Waals surface area (Å²) in [5, 5.41) is 24.2. The molecule has 186 valence electrons. The van der Waals surface area contributed by atoms with E-state index in [1.165, 1.54) is 16.8 Å². The Morgan fingerprint density at radius 3 is 2.56 bits per heavy atom. The number of hydrogen-bond donors (Lipinski definition) is 3. The molecule has 2 aliphatic heterocycles. The zero-order chi connectivity index (χ0) is 25.8. The van der Waals surface area contributed by atoms with Gasteiger partial charge in [-0.3, -0.25) is 19.2 Å². The van der Waals surface area contributed by atoms with E-state index in [4.69, 9.17) is 5.11 Å². The summed E-state index contributed by atoms with van der Waals surface area (Å²) in [6, 6.07) is -0.0768. The van der Waals surface area contributed by atoms with Crippen LogP contribution in [0.4, 0.5) is 0 Å². The molecule has 0 aromatic rings. The van der Waals surface area contributed by atoms with Crippen LogP contribution in [0.15, 0.2) is 23.9 Å². The molecule has 2 rings (SSSR count). The van der Waals surface area contributed by atoms with Gasteiger partial charge in [-0.25, -0.2) is 0 Å². The molecule has 0 saturated carbocycles. The van der Waals surface area contributed by atoms with Crippen LogP contribution in [0.5, 0.6) is 0 Å². The zero-order valence-electron chi connectivity index (χ0n) is 20.6. The van der Waals surface area contributed by atoms with Gasteiger partial charge in [0.15, 0.2) is 0 Å². The quantitative estimate of drug-likeness (QED) is 0.415. The fraction of sp³-hybridized carbons (Fsp3) is 0.625. The third-order valence-corrected chi connectivity index (χ3v) is 6.63. The summed E-state index contributed by atoms with van der Waals surface area (Å²) in [4.78, 5) is 54.2. The van der Waals surface area contributed by atoms with Crippen molar-refractivity contribution in [3.63, 3.8) is 0 Å². The summed E-state index contributed by atoms with van der Waals surface area (Å²) in [6.07, 6.45) is 1.57. The van der Waals surface area contributed by atoms with Gasteiger partial charge in [-0.1, -0.05) is 20.4 Å². The Morgan fingerprint density at radius 2 is 2.06 bits per heavy atom. The van der Waals surface area contributed by atoms with Crippen LogP contribution >= 0.6 is 0 Å².